The number of anilines is 3. The van der Waals surface area contributed by atoms with E-state index in [1.807, 2.05) is 5.32 Å². The van der Waals surface area contributed by atoms with E-state index in [0.29, 0.717) is 10.6 Å². The Morgan fingerprint density at radius 3 is 2.43 bits per heavy atom. The molecule has 0 aliphatic carbocycles. The Balaban J connectivity index is 2.66. The number of hydrogen-bond donors (Lipinski definition) is 4. The van der Waals surface area contributed by atoms with Gasteiger partial charge in [-0.25, -0.2) is 14.8 Å². The van der Waals surface area contributed by atoms with Crippen LogP contribution < -0.4 is 16.8 Å². The first-order chi connectivity index (χ1) is 9.79. The van der Waals surface area contributed by atoms with Gasteiger partial charge in [-0.1, -0.05) is 34.8 Å². The van der Waals surface area contributed by atoms with Gasteiger partial charge in [-0.3, -0.25) is 5.32 Å². The number of nitrogen functional groups attached to an aromatic ring is 2. The van der Waals surface area contributed by atoms with Crippen LogP contribution in [-0.4, -0.2) is 21.2 Å². The molecule has 0 saturated carbocycles. The molecule has 7 nitrogen and oxygen atoms in total. The fraction of sp³-hybridized carbons (Fsp3) is 0. The van der Waals surface area contributed by atoms with Crippen LogP contribution in [0.25, 0.3) is 11.3 Å². The maximum absolute atomic E-state index is 10.7. The number of amides is 1. The molecule has 10 heteroatoms. The summed E-state index contributed by atoms with van der Waals surface area (Å²) in [5.41, 5.74) is 11.7. The predicted molar refractivity (Wildman–Crippen MR) is 83.0 cm³/mol. The first-order valence-electron chi connectivity index (χ1n) is 5.37. The van der Waals surface area contributed by atoms with Gasteiger partial charge >= 0.3 is 6.09 Å². The van der Waals surface area contributed by atoms with Gasteiger partial charge in [0.1, 0.15) is 5.69 Å². The molecule has 0 bridgehead atoms. The third kappa shape index (κ3) is 3.21. The summed E-state index contributed by atoms with van der Waals surface area (Å²) in [6.45, 7) is 0. The standard InChI is InChI=1S/C11H8Cl3N5O2/c12-3-1-4(6(14)5(13)2-3)7-8(15)18-9(16)10(17-7)19-11(20)21/h1-2H,(H,17,19)(H,20,21)(H4,15,16,18). The summed E-state index contributed by atoms with van der Waals surface area (Å²) in [6, 6.07) is 2.93. The van der Waals surface area contributed by atoms with Gasteiger partial charge in [0.2, 0.25) is 0 Å². The van der Waals surface area contributed by atoms with Crippen molar-refractivity contribution in [1.29, 1.82) is 0 Å². The van der Waals surface area contributed by atoms with E-state index in [4.69, 9.17) is 51.4 Å². The van der Waals surface area contributed by atoms with Crippen LogP contribution in [0.1, 0.15) is 0 Å². The molecule has 1 heterocycles. The van der Waals surface area contributed by atoms with Gasteiger partial charge < -0.3 is 16.6 Å². The molecule has 0 fully saturated rings. The molecule has 2 aromatic rings. The first kappa shape index (κ1) is 15.4. The number of nitrogens with zero attached hydrogens (tertiary/aromatic N) is 2. The number of carbonyl (C=O) groups is 1. The zero-order chi connectivity index (χ0) is 15.7. The summed E-state index contributed by atoms with van der Waals surface area (Å²) in [7, 11) is 0. The Morgan fingerprint density at radius 2 is 1.81 bits per heavy atom. The van der Waals surface area contributed by atoms with Gasteiger partial charge in [0, 0.05) is 10.6 Å². The van der Waals surface area contributed by atoms with Crippen LogP contribution in [0.3, 0.4) is 0 Å². The van der Waals surface area contributed by atoms with Crippen molar-refractivity contribution in [2.75, 3.05) is 16.8 Å². The monoisotopic (exact) mass is 347 g/mol. The van der Waals surface area contributed by atoms with Crippen molar-refractivity contribution in [3.05, 3.63) is 27.2 Å². The quantitative estimate of drug-likeness (QED) is 0.616. The highest BCUT2D eigenvalue weighted by Crippen LogP contribution is 2.38. The molecular formula is C11H8Cl3N5O2. The summed E-state index contributed by atoms with van der Waals surface area (Å²) in [4.78, 5) is 18.5. The second-order valence-electron chi connectivity index (χ2n) is 3.87. The highest BCUT2D eigenvalue weighted by Gasteiger charge is 2.17. The lowest BCUT2D eigenvalue weighted by Crippen LogP contribution is -2.13. The number of nitrogens with one attached hydrogen (secondary N) is 1. The van der Waals surface area contributed by atoms with E-state index in [1.54, 1.807) is 0 Å². The third-order valence-electron chi connectivity index (χ3n) is 2.42. The normalized spacial score (nSPS) is 10.4. The number of hydrogen-bond acceptors (Lipinski definition) is 5. The first-order valence-corrected chi connectivity index (χ1v) is 6.51. The molecule has 6 N–H and O–H groups in total. The Labute approximate surface area is 133 Å². The van der Waals surface area contributed by atoms with Crippen LogP contribution in [0.4, 0.5) is 22.2 Å². The lowest BCUT2D eigenvalue weighted by molar-refractivity contribution is 0.209. The number of nitrogens with two attached hydrogens (primary N) is 2. The minimum absolute atomic E-state index is 0.0383. The van der Waals surface area contributed by atoms with Gasteiger partial charge in [0.25, 0.3) is 0 Å². The highest BCUT2D eigenvalue weighted by atomic mass is 35.5. The van der Waals surface area contributed by atoms with Gasteiger partial charge in [-0.2, -0.15) is 0 Å². The molecule has 0 aliphatic heterocycles. The number of halogens is 3. The largest absolute Gasteiger partial charge is 0.465 e. The molecule has 21 heavy (non-hydrogen) atoms. The Hall–Kier alpha value is -1.96. The zero-order valence-corrected chi connectivity index (χ0v) is 12.5. The van der Waals surface area contributed by atoms with E-state index in [1.165, 1.54) is 12.1 Å². The van der Waals surface area contributed by atoms with Crippen molar-refractivity contribution in [3.8, 4) is 11.3 Å². The Kier molecular flexibility index (Phi) is 4.26. The number of rotatable bonds is 2. The van der Waals surface area contributed by atoms with E-state index in [2.05, 4.69) is 9.97 Å². The lowest BCUT2D eigenvalue weighted by atomic mass is 10.1. The number of carboxylic acid groups (broad SMARTS) is 1. The van der Waals surface area contributed by atoms with Crippen molar-refractivity contribution in [2.45, 2.75) is 0 Å². The van der Waals surface area contributed by atoms with Crippen molar-refractivity contribution in [3.63, 3.8) is 0 Å². The van der Waals surface area contributed by atoms with Crippen molar-refractivity contribution in [2.24, 2.45) is 0 Å². The maximum Gasteiger partial charge on any atom is 0.410 e. The fourth-order valence-electron chi connectivity index (χ4n) is 1.58. The van der Waals surface area contributed by atoms with Crippen molar-refractivity contribution in [1.82, 2.24) is 9.97 Å². The summed E-state index contributed by atoms with van der Waals surface area (Å²) in [5, 5.41) is 11.4. The summed E-state index contributed by atoms with van der Waals surface area (Å²) in [5.74, 6) is -0.370. The zero-order valence-electron chi connectivity index (χ0n) is 10.2. The molecule has 0 atom stereocenters. The highest BCUT2D eigenvalue weighted by molar-refractivity contribution is 6.45. The molecule has 0 saturated heterocycles. The second kappa shape index (κ2) is 5.80. The predicted octanol–water partition coefficient (Wildman–Crippen LogP) is 3.36. The molecule has 1 aromatic heterocycles. The summed E-state index contributed by atoms with van der Waals surface area (Å²) >= 11 is 17.9. The maximum atomic E-state index is 10.7. The lowest BCUT2D eigenvalue weighted by Gasteiger charge is -2.11. The average molecular weight is 349 g/mol. The van der Waals surface area contributed by atoms with E-state index in [-0.39, 0.29) is 33.2 Å². The Morgan fingerprint density at radius 1 is 1.14 bits per heavy atom. The fourth-order valence-corrected chi connectivity index (χ4v) is 2.27. The third-order valence-corrected chi connectivity index (χ3v) is 3.44. The summed E-state index contributed by atoms with van der Waals surface area (Å²) < 4.78 is 0. The van der Waals surface area contributed by atoms with Crippen LogP contribution in [0, 0.1) is 0 Å². The SMILES string of the molecule is Nc1nc(N)c(-c2cc(Cl)cc(Cl)c2Cl)nc1NC(=O)O. The van der Waals surface area contributed by atoms with E-state index >= 15 is 0 Å². The Bertz CT molecular complexity index is 738. The summed E-state index contributed by atoms with van der Waals surface area (Å²) in [6.07, 6.45) is -1.35. The minimum atomic E-state index is -1.35. The van der Waals surface area contributed by atoms with Gasteiger partial charge in [0.15, 0.2) is 17.5 Å². The van der Waals surface area contributed by atoms with Crippen LogP contribution >= 0.6 is 34.8 Å². The van der Waals surface area contributed by atoms with Crippen LogP contribution in [-0.2, 0) is 0 Å². The second-order valence-corrected chi connectivity index (χ2v) is 5.09. The van der Waals surface area contributed by atoms with Crippen molar-refractivity contribution < 1.29 is 9.90 Å². The van der Waals surface area contributed by atoms with Crippen LogP contribution in [0.5, 0.6) is 0 Å². The molecule has 0 aliphatic rings. The molecular weight excluding hydrogens is 341 g/mol. The molecule has 0 spiro atoms. The van der Waals surface area contributed by atoms with E-state index < -0.39 is 6.09 Å². The smallest absolute Gasteiger partial charge is 0.410 e. The molecule has 0 radical (unpaired) electrons. The van der Waals surface area contributed by atoms with Gasteiger partial charge in [-0.05, 0) is 12.1 Å². The van der Waals surface area contributed by atoms with Gasteiger partial charge in [0.05, 0.1) is 10.0 Å². The van der Waals surface area contributed by atoms with E-state index in [0.717, 1.165) is 0 Å². The molecule has 110 valence electrons. The van der Waals surface area contributed by atoms with Gasteiger partial charge in [-0.15, -0.1) is 0 Å². The number of aromatic nitrogens is 2. The van der Waals surface area contributed by atoms with E-state index in [9.17, 15) is 4.79 Å². The molecule has 0 unspecified atom stereocenters. The molecule has 1 aromatic carbocycles. The minimum Gasteiger partial charge on any atom is -0.465 e. The van der Waals surface area contributed by atoms with Crippen molar-refractivity contribution >= 4 is 58.3 Å². The molecule has 1 amide bonds. The topological polar surface area (TPSA) is 127 Å². The number of benzene rings is 1. The van der Waals surface area contributed by atoms with Crippen LogP contribution in [0.2, 0.25) is 15.1 Å². The van der Waals surface area contributed by atoms with Crippen LogP contribution in [0.15, 0.2) is 12.1 Å². The molecule has 2 rings (SSSR count). The average Bonchev–Trinajstić information content (AvgIpc) is 2.37.